The smallest absolute Gasteiger partial charge is 0.191 e. The second kappa shape index (κ2) is 7.19. The molecule has 0 saturated heterocycles. The third-order valence-corrected chi connectivity index (χ3v) is 5.13. The predicted octanol–water partition coefficient (Wildman–Crippen LogP) is 4.29. The molecule has 4 nitrogen and oxygen atoms in total. The lowest BCUT2D eigenvalue weighted by Gasteiger charge is -2.10. The molecule has 0 aliphatic rings. The maximum absolute atomic E-state index is 13.0. The monoisotopic (exact) mass is 355 g/mol. The minimum Gasteiger partial charge on any atom is -0.305 e. The summed E-state index contributed by atoms with van der Waals surface area (Å²) in [4.78, 5) is 12.5. The second-order valence-electron chi connectivity index (χ2n) is 5.81. The van der Waals surface area contributed by atoms with Gasteiger partial charge in [0.1, 0.15) is 5.82 Å². The van der Waals surface area contributed by atoms with Gasteiger partial charge in [0.15, 0.2) is 16.8 Å². The molecule has 3 aromatic rings. The number of Topliss-reactive ketones (excluding diaryl/α,β-unsaturated/α-hetero) is 1. The van der Waals surface area contributed by atoms with Crippen LogP contribution in [0.1, 0.15) is 22.8 Å². The number of carbonyl (C=O) groups excluding carboxylic acids is 1. The van der Waals surface area contributed by atoms with E-state index in [9.17, 15) is 9.18 Å². The fraction of sp³-hybridized carbons (Fsp3) is 0.211. The number of aromatic nitrogens is 3. The Hall–Kier alpha value is -2.47. The van der Waals surface area contributed by atoms with Crippen LogP contribution >= 0.6 is 11.8 Å². The van der Waals surface area contributed by atoms with Crippen molar-refractivity contribution in [2.24, 2.45) is 7.05 Å². The van der Waals surface area contributed by atoms with Gasteiger partial charge in [0.05, 0.1) is 5.25 Å². The van der Waals surface area contributed by atoms with Crippen molar-refractivity contribution in [2.45, 2.75) is 24.3 Å². The molecular weight excluding hydrogens is 337 g/mol. The summed E-state index contributed by atoms with van der Waals surface area (Å²) in [6.45, 7) is 3.84. The van der Waals surface area contributed by atoms with Gasteiger partial charge in [-0.25, -0.2) is 4.39 Å². The predicted molar refractivity (Wildman–Crippen MR) is 97.2 cm³/mol. The number of rotatable bonds is 5. The highest BCUT2D eigenvalue weighted by Gasteiger charge is 2.21. The van der Waals surface area contributed by atoms with E-state index in [2.05, 4.69) is 10.2 Å². The average Bonchev–Trinajstić information content (AvgIpc) is 2.96. The molecule has 0 aliphatic heterocycles. The first-order valence-corrected chi connectivity index (χ1v) is 8.77. The molecule has 2 aromatic carbocycles. The van der Waals surface area contributed by atoms with Crippen LogP contribution in [0, 0.1) is 12.7 Å². The fourth-order valence-electron chi connectivity index (χ4n) is 2.54. The molecule has 128 valence electrons. The second-order valence-corrected chi connectivity index (χ2v) is 7.12. The van der Waals surface area contributed by atoms with Gasteiger partial charge in [-0.15, -0.1) is 10.2 Å². The molecule has 0 radical (unpaired) electrons. The van der Waals surface area contributed by atoms with Gasteiger partial charge in [0.2, 0.25) is 0 Å². The molecule has 0 amide bonds. The van der Waals surface area contributed by atoms with E-state index in [1.165, 1.54) is 36.0 Å². The summed E-state index contributed by atoms with van der Waals surface area (Å²) in [6.07, 6.45) is 0. The first-order valence-electron chi connectivity index (χ1n) is 7.89. The zero-order chi connectivity index (χ0) is 18.0. The highest BCUT2D eigenvalue weighted by atomic mass is 32.2. The number of benzene rings is 2. The number of carbonyl (C=O) groups is 1. The number of thioether (sulfide) groups is 1. The Kier molecular flexibility index (Phi) is 4.99. The van der Waals surface area contributed by atoms with Gasteiger partial charge >= 0.3 is 0 Å². The van der Waals surface area contributed by atoms with E-state index >= 15 is 0 Å². The summed E-state index contributed by atoms with van der Waals surface area (Å²) in [7, 11) is 1.89. The van der Waals surface area contributed by atoms with Gasteiger partial charge in [-0.05, 0) is 43.7 Å². The normalized spacial score (nSPS) is 12.2. The number of nitrogens with zero attached hydrogens (tertiary/aromatic N) is 3. The lowest BCUT2D eigenvalue weighted by atomic mass is 10.1. The van der Waals surface area contributed by atoms with Crippen LogP contribution in [-0.2, 0) is 7.05 Å². The quantitative estimate of drug-likeness (QED) is 0.506. The molecule has 0 spiro atoms. The van der Waals surface area contributed by atoms with Gasteiger partial charge in [-0.1, -0.05) is 36.0 Å². The van der Waals surface area contributed by atoms with Gasteiger partial charge in [-0.2, -0.15) is 0 Å². The van der Waals surface area contributed by atoms with E-state index < -0.39 is 0 Å². The number of hydrogen-bond acceptors (Lipinski definition) is 4. The van der Waals surface area contributed by atoms with E-state index in [1.54, 1.807) is 0 Å². The molecule has 0 N–H and O–H groups in total. The van der Waals surface area contributed by atoms with E-state index in [-0.39, 0.29) is 16.9 Å². The Labute approximate surface area is 150 Å². The van der Waals surface area contributed by atoms with Crippen molar-refractivity contribution in [2.75, 3.05) is 0 Å². The molecular formula is C19H18FN3OS. The Balaban J connectivity index is 1.81. The number of ketones is 1. The van der Waals surface area contributed by atoms with Crippen LogP contribution in [0.25, 0.3) is 11.4 Å². The molecule has 0 aliphatic carbocycles. The third-order valence-electron chi connectivity index (χ3n) is 4.00. The van der Waals surface area contributed by atoms with Crippen LogP contribution in [0.3, 0.4) is 0 Å². The van der Waals surface area contributed by atoms with E-state index in [4.69, 9.17) is 0 Å². The largest absolute Gasteiger partial charge is 0.305 e. The number of halogens is 1. The van der Waals surface area contributed by atoms with Crippen LogP contribution in [0.5, 0.6) is 0 Å². The Bertz CT molecular complexity index is 905. The van der Waals surface area contributed by atoms with Gasteiger partial charge in [0, 0.05) is 18.2 Å². The lowest BCUT2D eigenvalue weighted by Crippen LogP contribution is -2.14. The highest BCUT2D eigenvalue weighted by Crippen LogP contribution is 2.28. The van der Waals surface area contributed by atoms with Crippen molar-refractivity contribution in [3.8, 4) is 11.4 Å². The van der Waals surface area contributed by atoms with Crippen LogP contribution in [0.4, 0.5) is 4.39 Å². The molecule has 0 saturated carbocycles. The molecule has 6 heteroatoms. The maximum Gasteiger partial charge on any atom is 0.191 e. The zero-order valence-corrected chi connectivity index (χ0v) is 15.0. The van der Waals surface area contributed by atoms with Crippen molar-refractivity contribution in [1.82, 2.24) is 14.8 Å². The summed E-state index contributed by atoms with van der Waals surface area (Å²) in [5.41, 5.74) is 2.62. The molecule has 25 heavy (non-hydrogen) atoms. The first kappa shape index (κ1) is 17.4. The Morgan fingerprint density at radius 2 is 1.80 bits per heavy atom. The third kappa shape index (κ3) is 3.64. The van der Waals surface area contributed by atoms with Crippen LogP contribution < -0.4 is 0 Å². The first-order chi connectivity index (χ1) is 12.0. The standard InChI is InChI=1S/C19H18FN3OS/c1-12-6-4-5-7-16(12)18-21-22-19(23(18)3)25-13(2)17(24)14-8-10-15(20)11-9-14/h4-11,13H,1-3H3/t13-/m1/s1. The Morgan fingerprint density at radius 3 is 2.48 bits per heavy atom. The van der Waals surface area contributed by atoms with E-state index in [0.29, 0.717) is 10.7 Å². The number of aryl methyl sites for hydroxylation is 1. The van der Waals surface area contributed by atoms with Crippen LogP contribution in [0.2, 0.25) is 0 Å². The maximum atomic E-state index is 13.0. The van der Waals surface area contributed by atoms with Crippen molar-refractivity contribution in [1.29, 1.82) is 0 Å². The average molecular weight is 355 g/mol. The summed E-state index contributed by atoms with van der Waals surface area (Å²) in [5, 5.41) is 8.82. The lowest BCUT2D eigenvalue weighted by molar-refractivity contribution is 0.0994. The van der Waals surface area contributed by atoms with E-state index in [0.717, 1.165) is 17.0 Å². The Morgan fingerprint density at radius 1 is 1.12 bits per heavy atom. The van der Waals surface area contributed by atoms with Crippen molar-refractivity contribution in [3.05, 3.63) is 65.5 Å². The zero-order valence-electron chi connectivity index (χ0n) is 14.2. The SMILES string of the molecule is Cc1ccccc1-c1nnc(S[C@H](C)C(=O)c2ccc(F)cc2)n1C. The van der Waals surface area contributed by atoms with Gasteiger partial charge < -0.3 is 4.57 Å². The van der Waals surface area contributed by atoms with E-state index in [1.807, 2.05) is 49.7 Å². The molecule has 1 atom stereocenters. The topological polar surface area (TPSA) is 47.8 Å². The summed E-state index contributed by atoms with van der Waals surface area (Å²) in [6, 6.07) is 13.6. The molecule has 1 aromatic heterocycles. The van der Waals surface area contributed by atoms with Gasteiger partial charge in [0.25, 0.3) is 0 Å². The highest BCUT2D eigenvalue weighted by molar-refractivity contribution is 8.00. The summed E-state index contributed by atoms with van der Waals surface area (Å²) < 4.78 is 14.9. The molecule has 0 unspecified atom stereocenters. The molecule has 1 heterocycles. The minimum atomic E-state index is -0.354. The molecule has 0 bridgehead atoms. The van der Waals surface area contributed by atoms with Crippen molar-refractivity contribution in [3.63, 3.8) is 0 Å². The molecule has 3 rings (SSSR count). The van der Waals surface area contributed by atoms with Crippen molar-refractivity contribution < 1.29 is 9.18 Å². The van der Waals surface area contributed by atoms with Crippen LogP contribution in [0.15, 0.2) is 53.7 Å². The summed E-state index contributed by atoms with van der Waals surface area (Å²) >= 11 is 1.34. The summed E-state index contributed by atoms with van der Waals surface area (Å²) in [5.74, 6) is 0.348. The number of hydrogen-bond donors (Lipinski definition) is 0. The fourth-order valence-corrected chi connectivity index (χ4v) is 3.43. The van der Waals surface area contributed by atoms with Crippen molar-refractivity contribution >= 4 is 17.5 Å². The van der Waals surface area contributed by atoms with Crippen LogP contribution in [-0.4, -0.2) is 25.8 Å². The minimum absolute atomic E-state index is 0.0644. The molecule has 0 fully saturated rings. The van der Waals surface area contributed by atoms with Gasteiger partial charge in [-0.3, -0.25) is 4.79 Å².